The highest BCUT2D eigenvalue weighted by Gasteiger charge is 2.17. The molecule has 0 unspecified atom stereocenters. The van der Waals surface area contributed by atoms with Gasteiger partial charge in [0.1, 0.15) is 0 Å². The van der Waals surface area contributed by atoms with Crippen molar-refractivity contribution in [1.82, 2.24) is 4.98 Å². The number of carbonyl (C=O) groups is 2. The van der Waals surface area contributed by atoms with Crippen molar-refractivity contribution in [2.75, 3.05) is 11.9 Å². The van der Waals surface area contributed by atoms with Crippen LogP contribution >= 0.6 is 22.6 Å². The Hall–Kier alpha value is -3.78. The van der Waals surface area contributed by atoms with Crippen molar-refractivity contribution in [3.05, 3.63) is 106 Å². The highest BCUT2D eigenvalue weighted by molar-refractivity contribution is 14.1. The number of fused-ring (bicyclic) bond motifs is 2. The maximum atomic E-state index is 13.1. The number of para-hydroxylation sites is 1. The zero-order chi connectivity index (χ0) is 23.5. The van der Waals surface area contributed by atoms with Gasteiger partial charge in [-0.25, -0.2) is 9.78 Å². The average Bonchev–Trinajstić information content (AvgIpc) is 2.87. The van der Waals surface area contributed by atoms with Crippen LogP contribution in [0.1, 0.15) is 10.4 Å². The van der Waals surface area contributed by atoms with Crippen LogP contribution in [-0.4, -0.2) is 23.5 Å². The number of halogens is 1. The lowest BCUT2D eigenvalue weighted by Gasteiger charge is -2.12. The molecule has 0 saturated heterocycles. The summed E-state index contributed by atoms with van der Waals surface area (Å²) in [6, 6.07) is 30.6. The summed E-state index contributed by atoms with van der Waals surface area (Å²) < 4.78 is 6.46. The third-order valence-corrected chi connectivity index (χ3v) is 6.18. The number of benzene rings is 4. The molecule has 1 aromatic heterocycles. The van der Waals surface area contributed by atoms with Gasteiger partial charge >= 0.3 is 5.97 Å². The quantitative estimate of drug-likeness (QED) is 0.199. The molecule has 0 bridgehead atoms. The van der Waals surface area contributed by atoms with Gasteiger partial charge in [0, 0.05) is 20.2 Å². The Bertz CT molecular complexity index is 1530. The summed E-state index contributed by atoms with van der Waals surface area (Å²) in [5, 5.41) is 5.55. The molecule has 5 nitrogen and oxygen atoms in total. The second kappa shape index (κ2) is 9.61. The molecule has 1 N–H and O–H groups in total. The Morgan fingerprint density at radius 2 is 1.53 bits per heavy atom. The van der Waals surface area contributed by atoms with Crippen LogP contribution in [0.2, 0.25) is 0 Å². The van der Waals surface area contributed by atoms with Crippen molar-refractivity contribution in [3.63, 3.8) is 0 Å². The van der Waals surface area contributed by atoms with E-state index in [4.69, 9.17) is 9.72 Å². The maximum Gasteiger partial charge on any atom is 0.339 e. The van der Waals surface area contributed by atoms with Crippen LogP contribution in [0.3, 0.4) is 0 Å². The number of amides is 1. The average molecular weight is 558 g/mol. The molecular formula is C28H19IN2O3. The molecular weight excluding hydrogens is 539 g/mol. The minimum absolute atomic E-state index is 0.371. The fraction of sp³-hybridized carbons (Fsp3) is 0.0357. The number of rotatable bonds is 5. The van der Waals surface area contributed by atoms with E-state index in [1.165, 1.54) is 0 Å². The van der Waals surface area contributed by atoms with Crippen molar-refractivity contribution in [2.24, 2.45) is 0 Å². The van der Waals surface area contributed by atoms with E-state index in [0.29, 0.717) is 27.8 Å². The first-order valence-electron chi connectivity index (χ1n) is 10.7. The Balaban J connectivity index is 1.45. The van der Waals surface area contributed by atoms with E-state index in [1.54, 1.807) is 18.2 Å². The van der Waals surface area contributed by atoms with Crippen LogP contribution in [0.5, 0.6) is 0 Å². The molecule has 5 aromatic rings. The monoisotopic (exact) mass is 558 g/mol. The number of carbonyl (C=O) groups excluding carboxylic acids is 2. The number of pyridine rings is 1. The molecule has 0 saturated carbocycles. The number of nitrogens with one attached hydrogen (secondary N) is 1. The minimum atomic E-state index is -0.571. The van der Waals surface area contributed by atoms with Gasteiger partial charge in [0.05, 0.1) is 16.8 Å². The fourth-order valence-electron chi connectivity index (χ4n) is 3.87. The smallest absolute Gasteiger partial charge is 0.339 e. The van der Waals surface area contributed by atoms with E-state index in [2.05, 4.69) is 27.9 Å². The SMILES string of the molecule is O=C(COC(=O)c1cc(-c2cccc3ccccc23)nc2ccccc12)Nc1ccc(I)cc1. The number of hydrogen-bond donors (Lipinski definition) is 1. The molecule has 1 amide bonds. The van der Waals surface area contributed by atoms with Gasteiger partial charge < -0.3 is 10.1 Å². The summed E-state index contributed by atoms with van der Waals surface area (Å²) in [6.07, 6.45) is 0. The van der Waals surface area contributed by atoms with Crippen molar-refractivity contribution in [2.45, 2.75) is 0 Å². The molecule has 5 rings (SSSR count). The summed E-state index contributed by atoms with van der Waals surface area (Å²) in [5.41, 5.74) is 3.30. The van der Waals surface area contributed by atoms with Crippen LogP contribution in [0, 0.1) is 3.57 Å². The van der Waals surface area contributed by atoms with Gasteiger partial charge in [-0.1, -0.05) is 60.7 Å². The number of anilines is 1. The Morgan fingerprint density at radius 1 is 0.824 bits per heavy atom. The van der Waals surface area contributed by atoms with E-state index >= 15 is 0 Å². The van der Waals surface area contributed by atoms with E-state index < -0.39 is 11.9 Å². The first-order chi connectivity index (χ1) is 16.6. The van der Waals surface area contributed by atoms with Crippen LogP contribution in [-0.2, 0) is 9.53 Å². The predicted molar refractivity (Wildman–Crippen MR) is 143 cm³/mol. The molecule has 166 valence electrons. The van der Waals surface area contributed by atoms with Crippen molar-refractivity contribution >= 4 is 61.8 Å². The first kappa shape index (κ1) is 22.0. The number of aromatic nitrogens is 1. The van der Waals surface area contributed by atoms with Crippen molar-refractivity contribution in [3.8, 4) is 11.3 Å². The van der Waals surface area contributed by atoms with Gasteiger partial charge in [0.2, 0.25) is 0 Å². The second-order valence-electron chi connectivity index (χ2n) is 7.73. The topological polar surface area (TPSA) is 68.3 Å². The zero-order valence-electron chi connectivity index (χ0n) is 18.0. The number of esters is 1. The highest BCUT2D eigenvalue weighted by Crippen LogP contribution is 2.30. The molecule has 0 aliphatic heterocycles. The Morgan fingerprint density at radius 3 is 2.35 bits per heavy atom. The normalized spacial score (nSPS) is 10.9. The summed E-state index contributed by atoms with van der Waals surface area (Å²) >= 11 is 2.19. The molecule has 4 aromatic carbocycles. The van der Waals surface area contributed by atoms with Crippen LogP contribution in [0.25, 0.3) is 32.9 Å². The predicted octanol–water partition coefficient (Wildman–Crippen LogP) is 6.46. The standard InChI is InChI=1S/C28H19IN2O3/c29-19-12-14-20(15-13-19)30-27(32)17-34-28(33)24-16-26(31-25-11-4-3-9-23(24)25)22-10-5-7-18-6-1-2-8-21(18)22/h1-16H,17H2,(H,30,32). The lowest BCUT2D eigenvalue weighted by Crippen LogP contribution is -2.21. The highest BCUT2D eigenvalue weighted by atomic mass is 127. The van der Waals surface area contributed by atoms with E-state index in [0.717, 1.165) is 19.9 Å². The third kappa shape index (κ3) is 4.63. The summed E-state index contributed by atoms with van der Waals surface area (Å²) in [7, 11) is 0. The van der Waals surface area contributed by atoms with Gasteiger partial charge in [-0.2, -0.15) is 0 Å². The first-order valence-corrected chi connectivity index (χ1v) is 11.8. The molecule has 0 atom stereocenters. The minimum Gasteiger partial charge on any atom is -0.452 e. The van der Waals surface area contributed by atoms with Crippen molar-refractivity contribution < 1.29 is 14.3 Å². The lowest BCUT2D eigenvalue weighted by molar-refractivity contribution is -0.119. The zero-order valence-corrected chi connectivity index (χ0v) is 20.2. The molecule has 0 aliphatic carbocycles. The molecule has 0 radical (unpaired) electrons. The molecule has 34 heavy (non-hydrogen) atoms. The van der Waals surface area contributed by atoms with E-state index in [-0.39, 0.29) is 6.61 Å². The molecule has 0 spiro atoms. The second-order valence-corrected chi connectivity index (χ2v) is 8.98. The van der Waals surface area contributed by atoms with Crippen LogP contribution in [0.4, 0.5) is 5.69 Å². The van der Waals surface area contributed by atoms with E-state index in [1.807, 2.05) is 78.9 Å². The molecule has 0 aliphatic rings. The third-order valence-electron chi connectivity index (χ3n) is 5.46. The molecule has 6 heteroatoms. The molecule has 1 heterocycles. The number of nitrogens with zero attached hydrogens (tertiary/aromatic N) is 1. The lowest BCUT2D eigenvalue weighted by atomic mass is 9.99. The largest absolute Gasteiger partial charge is 0.452 e. The van der Waals surface area contributed by atoms with Crippen molar-refractivity contribution in [1.29, 1.82) is 0 Å². The van der Waals surface area contributed by atoms with Gasteiger partial charge in [-0.05, 0) is 69.8 Å². The number of hydrogen-bond acceptors (Lipinski definition) is 4. The Kier molecular flexibility index (Phi) is 6.22. The fourth-order valence-corrected chi connectivity index (χ4v) is 4.23. The number of ether oxygens (including phenoxy) is 1. The van der Waals surface area contributed by atoms with Gasteiger partial charge in [0.25, 0.3) is 5.91 Å². The maximum absolute atomic E-state index is 13.1. The van der Waals surface area contributed by atoms with Crippen LogP contribution < -0.4 is 5.32 Å². The summed E-state index contributed by atoms with van der Waals surface area (Å²) in [6.45, 7) is -0.384. The van der Waals surface area contributed by atoms with Gasteiger partial charge in [-0.3, -0.25) is 4.79 Å². The van der Waals surface area contributed by atoms with Gasteiger partial charge in [0.15, 0.2) is 6.61 Å². The van der Waals surface area contributed by atoms with E-state index in [9.17, 15) is 9.59 Å². The van der Waals surface area contributed by atoms with Gasteiger partial charge in [-0.15, -0.1) is 0 Å². The Labute approximate surface area is 209 Å². The molecule has 0 fully saturated rings. The summed E-state index contributed by atoms with van der Waals surface area (Å²) in [5.74, 6) is -0.972. The summed E-state index contributed by atoms with van der Waals surface area (Å²) in [4.78, 5) is 30.2. The van der Waals surface area contributed by atoms with Crippen LogP contribution in [0.15, 0.2) is 97.1 Å².